The summed E-state index contributed by atoms with van der Waals surface area (Å²) in [4.78, 5) is 8.35. The first-order valence-corrected chi connectivity index (χ1v) is 14.0. The van der Waals surface area contributed by atoms with Crippen LogP contribution in [0.5, 0.6) is 0 Å². The highest BCUT2D eigenvalue weighted by atomic mass is 14.8. The molecule has 0 unspecified atom stereocenters. The van der Waals surface area contributed by atoms with Crippen molar-refractivity contribution in [3.63, 3.8) is 0 Å². The van der Waals surface area contributed by atoms with E-state index in [2.05, 4.69) is 107 Å². The molecule has 198 valence electrons. The molecule has 0 saturated carbocycles. The van der Waals surface area contributed by atoms with Crippen LogP contribution in [0.2, 0.25) is 0 Å². The van der Waals surface area contributed by atoms with Crippen molar-refractivity contribution < 1.29 is 0 Å². The maximum Gasteiger partial charge on any atom is 0.187 e. The Hall–Kier alpha value is -5.72. The molecule has 0 saturated heterocycles. The van der Waals surface area contributed by atoms with E-state index in [-0.39, 0.29) is 0 Å². The van der Waals surface area contributed by atoms with E-state index in [0.717, 1.165) is 33.4 Å². The maximum absolute atomic E-state index is 7.52. The molecule has 0 radical (unpaired) electrons. The van der Waals surface area contributed by atoms with Crippen LogP contribution in [0.15, 0.2) is 145 Å². The largest absolute Gasteiger partial charge is 0.383 e. The Morgan fingerprint density at radius 2 is 1.10 bits per heavy atom. The number of nitrogens with zero attached hydrogens (tertiary/aromatic N) is 2. The minimum atomic E-state index is 0.530. The molecule has 3 nitrogen and oxygen atoms in total. The van der Waals surface area contributed by atoms with E-state index in [1.54, 1.807) is 0 Å². The van der Waals surface area contributed by atoms with Gasteiger partial charge < -0.3 is 5.73 Å². The van der Waals surface area contributed by atoms with E-state index in [4.69, 9.17) is 12.3 Å². The van der Waals surface area contributed by atoms with Crippen LogP contribution in [0.1, 0.15) is 11.1 Å². The third kappa shape index (κ3) is 4.56. The molecular weight excluding hydrogens is 510 g/mol. The number of amidine groups is 1. The van der Waals surface area contributed by atoms with Crippen LogP contribution in [0.3, 0.4) is 0 Å². The molecule has 0 aliphatic carbocycles. The lowest BCUT2D eigenvalue weighted by Gasteiger charge is -2.16. The second-order valence-corrected chi connectivity index (χ2v) is 10.5. The van der Waals surface area contributed by atoms with E-state index < -0.39 is 0 Å². The molecule has 7 aromatic carbocycles. The Kier molecular flexibility index (Phi) is 6.43. The number of aliphatic imine (C=N–C) groups is 1. The molecule has 0 fully saturated rings. The molecule has 0 heterocycles. The molecule has 2 N–H and O–H groups in total. The lowest BCUT2D eigenvalue weighted by atomic mass is 9.87. The molecule has 0 spiro atoms. The summed E-state index contributed by atoms with van der Waals surface area (Å²) in [5.41, 5.74) is 13.6. The lowest BCUT2D eigenvalue weighted by molar-refractivity contribution is 1.06. The number of rotatable bonds is 5. The monoisotopic (exact) mass is 537 g/mol. The van der Waals surface area contributed by atoms with Crippen LogP contribution in [-0.4, -0.2) is 5.84 Å². The van der Waals surface area contributed by atoms with Crippen molar-refractivity contribution in [1.82, 2.24) is 0 Å². The van der Waals surface area contributed by atoms with Crippen molar-refractivity contribution in [1.29, 1.82) is 0 Å². The molecule has 7 rings (SSSR count). The first kappa shape index (κ1) is 25.3. The van der Waals surface area contributed by atoms with Gasteiger partial charge in [-0.05, 0) is 84.4 Å². The Bertz CT molecular complexity index is 2190. The zero-order valence-electron chi connectivity index (χ0n) is 23.0. The van der Waals surface area contributed by atoms with Gasteiger partial charge in [0, 0.05) is 5.56 Å². The second-order valence-electron chi connectivity index (χ2n) is 10.5. The zero-order valence-corrected chi connectivity index (χ0v) is 23.0. The Morgan fingerprint density at radius 1 is 0.548 bits per heavy atom. The van der Waals surface area contributed by atoms with E-state index in [0.29, 0.717) is 18.1 Å². The van der Waals surface area contributed by atoms with Crippen molar-refractivity contribution >= 4 is 43.8 Å². The summed E-state index contributed by atoms with van der Waals surface area (Å²) < 4.78 is 0. The van der Waals surface area contributed by atoms with E-state index >= 15 is 0 Å². The highest BCUT2D eigenvalue weighted by molar-refractivity contribution is 6.24. The van der Waals surface area contributed by atoms with E-state index in [1.165, 1.54) is 32.3 Å². The third-order valence-electron chi connectivity index (χ3n) is 7.91. The lowest BCUT2D eigenvalue weighted by Crippen LogP contribution is -2.13. The molecule has 7 aromatic rings. The molecule has 0 aliphatic heterocycles. The van der Waals surface area contributed by atoms with Crippen LogP contribution >= 0.6 is 0 Å². The first-order valence-electron chi connectivity index (χ1n) is 14.0. The Labute approximate surface area is 245 Å². The van der Waals surface area contributed by atoms with E-state index in [1.807, 2.05) is 42.5 Å². The summed E-state index contributed by atoms with van der Waals surface area (Å²) in [7, 11) is 0. The highest BCUT2D eigenvalue weighted by Crippen LogP contribution is 2.42. The van der Waals surface area contributed by atoms with Crippen LogP contribution in [-0.2, 0) is 6.54 Å². The van der Waals surface area contributed by atoms with Gasteiger partial charge in [-0.25, -0.2) is 4.85 Å². The quantitative estimate of drug-likeness (QED) is 0.101. The van der Waals surface area contributed by atoms with Crippen molar-refractivity contribution in [3.05, 3.63) is 162 Å². The fraction of sp³-hybridized carbons (Fsp3) is 0.0256. The fourth-order valence-electron chi connectivity index (χ4n) is 5.87. The summed E-state index contributed by atoms with van der Waals surface area (Å²) in [5, 5.41) is 7.11. The van der Waals surface area contributed by atoms with Gasteiger partial charge >= 0.3 is 0 Å². The maximum atomic E-state index is 7.52. The zero-order chi connectivity index (χ0) is 28.5. The average Bonchev–Trinajstić information content (AvgIpc) is 3.07. The van der Waals surface area contributed by atoms with Crippen molar-refractivity contribution in [2.75, 3.05) is 0 Å². The topological polar surface area (TPSA) is 42.7 Å². The normalized spacial score (nSPS) is 11.6. The summed E-state index contributed by atoms with van der Waals surface area (Å²) in [6, 6.07) is 48.2. The summed E-state index contributed by atoms with van der Waals surface area (Å²) in [6.07, 6.45) is 0. The van der Waals surface area contributed by atoms with Crippen LogP contribution in [0.25, 0.3) is 59.4 Å². The Balaban J connectivity index is 1.43. The van der Waals surface area contributed by atoms with Gasteiger partial charge in [0.25, 0.3) is 0 Å². The van der Waals surface area contributed by atoms with Crippen molar-refractivity contribution in [2.24, 2.45) is 10.7 Å². The minimum Gasteiger partial charge on any atom is -0.383 e. The predicted octanol–water partition coefficient (Wildman–Crippen LogP) is 9.94. The minimum absolute atomic E-state index is 0.530. The van der Waals surface area contributed by atoms with Gasteiger partial charge in [-0.15, -0.1) is 0 Å². The Morgan fingerprint density at radius 3 is 1.71 bits per heavy atom. The molecule has 0 atom stereocenters. The summed E-state index contributed by atoms with van der Waals surface area (Å²) >= 11 is 0. The smallest absolute Gasteiger partial charge is 0.187 e. The van der Waals surface area contributed by atoms with Gasteiger partial charge in [-0.3, -0.25) is 4.99 Å². The van der Waals surface area contributed by atoms with Gasteiger partial charge in [0.2, 0.25) is 0 Å². The number of nitrogens with two attached hydrogens (primary N) is 1. The molecule has 0 amide bonds. The van der Waals surface area contributed by atoms with Gasteiger partial charge in [0.15, 0.2) is 5.69 Å². The predicted molar refractivity (Wildman–Crippen MR) is 177 cm³/mol. The molecule has 3 heteroatoms. The van der Waals surface area contributed by atoms with Gasteiger partial charge in [-0.2, -0.15) is 0 Å². The van der Waals surface area contributed by atoms with Crippen LogP contribution < -0.4 is 5.73 Å². The molecular formula is C39H27N3. The van der Waals surface area contributed by atoms with Gasteiger partial charge in [0.05, 0.1) is 13.1 Å². The van der Waals surface area contributed by atoms with Crippen LogP contribution in [0, 0.1) is 6.57 Å². The van der Waals surface area contributed by atoms with Crippen molar-refractivity contribution in [2.45, 2.75) is 6.54 Å². The fourth-order valence-corrected chi connectivity index (χ4v) is 5.87. The van der Waals surface area contributed by atoms with Crippen molar-refractivity contribution in [3.8, 4) is 22.3 Å². The number of benzene rings is 7. The molecule has 42 heavy (non-hydrogen) atoms. The second kappa shape index (κ2) is 10.7. The average molecular weight is 538 g/mol. The first-order chi connectivity index (χ1) is 20.7. The van der Waals surface area contributed by atoms with Crippen LogP contribution in [0.4, 0.5) is 5.69 Å². The molecule has 0 aromatic heterocycles. The van der Waals surface area contributed by atoms with Gasteiger partial charge in [0.1, 0.15) is 5.84 Å². The summed E-state index contributed by atoms with van der Waals surface area (Å²) in [5.74, 6) is 0.530. The number of hydrogen-bond donors (Lipinski definition) is 1. The molecule has 0 bridgehead atoms. The summed E-state index contributed by atoms with van der Waals surface area (Å²) in [6.45, 7) is 8.07. The van der Waals surface area contributed by atoms with Gasteiger partial charge in [-0.1, -0.05) is 115 Å². The van der Waals surface area contributed by atoms with E-state index in [9.17, 15) is 0 Å². The number of hydrogen-bond acceptors (Lipinski definition) is 1. The number of fused-ring (bicyclic) bond motifs is 5. The highest BCUT2D eigenvalue weighted by Gasteiger charge is 2.15. The SMILES string of the molecule is [C-]#[N+]c1cccc(-c2cc3c4ccccc4c(-c4cccc(C(N)=NCc5ccccc5)c4)cc3c3ccccc23)c1. The third-order valence-corrected chi connectivity index (χ3v) is 7.91. The molecule has 0 aliphatic rings. The standard InChI is InChI=1S/C39H27N3/c1-41-30-16-10-14-28(22-30)36-24-38-33-19-7-5-17-31(33)35(23-37(38)34-20-8-6-18-32(34)36)27-13-9-15-29(21-27)39(40)42-25-26-11-3-2-4-12-26/h2-24H,25H2,(H2,40,42).